The molecule has 4 rings (SSSR count). The second kappa shape index (κ2) is 10.6. The minimum atomic E-state index is -1.02. The number of halogens is 2. The predicted molar refractivity (Wildman–Crippen MR) is 126 cm³/mol. The molecule has 1 saturated carbocycles. The van der Waals surface area contributed by atoms with Crippen LogP contribution in [0, 0.1) is 17.7 Å². The number of amides is 3. The molecule has 2 aliphatic rings. The Labute approximate surface area is 206 Å². The van der Waals surface area contributed by atoms with E-state index in [2.05, 4.69) is 20.9 Å². The first kappa shape index (κ1) is 25.0. The predicted octanol–water partition coefficient (Wildman–Crippen LogP) is 2.43. The van der Waals surface area contributed by atoms with Crippen LogP contribution in [0.4, 0.5) is 4.39 Å². The normalized spacial score (nSPS) is 19.5. The highest BCUT2D eigenvalue weighted by Gasteiger charge is 2.35. The second-order valence-electron chi connectivity index (χ2n) is 9.16. The maximum absolute atomic E-state index is 13.8. The van der Waals surface area contributed by atoms with Crippen molar-refractivity contribution in [3.05, 3.63) is 34.7 Å². The third kappa shape index (κ3) is 5.93. The summed E-state index contributed by atoms with van der Waals surface area (Å²) in [6, 6.07) is 2.32. The fourth-order valence-electron chi connectivity index (χ4n) is 4.39. The summed E-state index contributed by atoms with van der Waals surface area (Å²) >= 11 is 5.99. The van der Waals surface area contributed by atoms with Crippen molar-refractivity contribution in [2.24, 2.45) is 11.8 Å². The van der Waals surface area contributed by atoms with E-state index in [1.54, 1.807) is 0 Å². The molecule has 1 saturated heterocycles. The summed E-state index contributed by atoms with van der Waals surface area (Å²) in [5.74, 6) is -2.63. The zero-order chi connectivity index (χ0) is 25.1. The van der Waals surface area contributed by atoms with Crippen molar-refractivity contribution in [1.29, 1.82) is 0 Å². The van der Waals surface area contributed by atoms with Crippen LogP contribution in [0.25, 0.3) is 10.9 Å². The highest BCUT2D eigenvalue weighted by Crippen LogP contribution is 2.34. The molecule has 2 aromatic rings. The number of aromatic amines is 1. The SMILES string of the molecule is COC(=O)[C@H](C[C@@H]1CCCNC1=O)NC(=O)[C@H](CC1CC1)NC(=O)c1cc2ccc(F)c(Cl)c2[nH]1. The lowest BCUT2D eigenvalue weighted by atomic mass is 9.91. The van der Waals surface area contributed by atoms with Crippen LogP contribution < -0.4 is 16.0 Å². The Bertz CT molecular complexity index is 1150. The maximum Gasteiger partial charge on any atom is 0.328 e. The lowest BCUT2D eigenvalue weighted by Gasteiger charge is -2.27. The molecule has 1 aliphatic carbocycles. The van der Waals surface area contributed by atoms with E-state index in [1.165, 1.54) is 25.3 Å². The Kier molecular flexibility index (Phi) is 7.59. The number of rotatable bonds is 9. The van der Waals surface area contributed by atoms with Crippen LogP contribution in [-0.4, -0.2) is 54.4 Å². The molecule has 0 bridgehead atoms. The highest BCUT2D eigenvalue weighted by atomic mass is 35.5. The summed E-state index contributed by atoms with van der Waals surface area (Å²) in [6.07, 6.45) is 3.82. The minimum Gasteiger partial charge on any atom is -0.467 e. The van der Waals surface area contributed by atoms with Gasteiger partial charge in [-0.2, -0.15) is 0 Å². The zero-order valence-corrected chi connectivity index (χ0v) is 20.0. The van der Waals surface area contributed by atoms with Crippen LogP contribution in [0.5, 0.6) is 0 Å². The van der Waals surface area contributed by atoms with Gasteiger partial charge in [-0.25, -0.2) is 9.18 Å². The number of fused-ring (bicyclic) bond motifs is 1. The van der Waals surface area contributed by atoms with Crippen LogP contribution in [0.15, 0.2) is 18.2 Å². The fraction of sp³-hybridized carbons (Fsp3) is 0.500. The van der Waals surface area contributed by atoms with Crippen LogP contribution in [0.1, 0.15) is 49.0 Å². The van der Waals surface area contributed by atoms with Crippen molar-refractivity contribution >= 4 is 46.2 Å². The smallest absolute Gasteiger partial charge is 0.328 e. The van der Waals surface area contributed by atoms with Gasteiger partial charge in [0.1, 0.15) is 28.6 Å². The standard InChI is InChI=1S/C24H28ClFN4O5/c1-35-24(34)18(11-14-3-2-8-27-21(14)31)30-22(32)16(9-12-4-5-12)29-23(33)17-10-13-6-7-15(26)19(25)20(13)28-17/h6-7,10,12,14,16,18,28H,2-5,8-9,11H2,1H3,(H,27,31)(H,29,33)(H,30,32)/t14-,16-,18-/m0/s1. The number of benzene rings is 1. The van der Waals surface area contributed by atoms with Crippen molar-refractivity contribution in [1.82, 2.24) is 20.9 Å². The number of hydrogen-bond donors (Lipinski definition) is 4. The highest BCUT2D eigenvalue weighted by molar-refractivity contribution is 6.35. The molecule has 0 unspecified atom stereocenters. The van der Waals surface area contributed by atoms with Crippen molar-refractivity contribution in [2.45, 2.75) is 50.6 Å². The third-order valence-corrected chi connectivity index (χ3v) is 6.91. The van der Waals surface area contributed by atoms with E-state index in [0.717, 1.165) is 19.3 Å². The van der Waals surface area contributed by atoms with Gasteiger partial charge < -0.3 is 25.7 Å². The Morgan fingerprint density at radius 1 is 1.17 bits per heavy atom. The second-order valence-corrected chi connectivity index (χ2v) is 9.54. The number of nitrogens with one attached hydrogen (secondary N) is 4. The Morgan fingerprint density at radius 3 is 2.63 bits per heavy atom. The van der Waals surface area contributed by atoms with Gasteiger partial charge in [0.2, 0.25) is 11.8 Å². The summed E-state index contributed by atoms with van der Waals surface area (Å²) in [4.78, 5) is 53.5. The molecule has 0 radical (unpaired) electrons. The van der Waals surface area contributed by atoms with Gasteiger partial charge in [0.05, 0.1) is 12.6 Å². The van der Waals surface area contributed by atoms with Gasteiger partial charge in [-0.15, -0.1) is 0 Å². The van der Waals surface area contributed by atoms with Crippen LogP contribution in [-0.2, 0) is 19.1 Å². The van der Waals surface area contributed by atoms with Crippen LogP contribution in [0.3, 0.4) is 0 Å². The van der Waals surface area contributed by atoms with Crippen LogP contribution in [0.2, 0.25) is 5.02 Å². The molecular weight excluding hydrogens is 479 g/mol. The first-order valence-corrected chi connectivity index (χ1v) is 12.1. The number of H-pyrrole nitrogens is 1. The van der Waals surface area contributed by atoms with E-state index >= 15 is 0 Å². The lowest BCUT2D eigenvalue weighted by Crippen LogP contribution is -2.53. The number of methoxy groups -OCH3 is 1. The number of ether oxygens (including phenoxy) is 1. The van der Waals surface area contributed by atoms with Gasteiger partial charge in [0.25, 0.3) is 5.91 Å². The number of piperidine rings is 1. The summed E-state index contributed by atoms with van der Waals surface area (Å²) in [6.45, 7) is 0.589. The molecule has 1 aliphatic heterocycles. The van der Waals surface area contributed by atoms with Gasteiger partial charge >= 0.3 is 5.97 Å². The van der Waals surface area contributed by atoms with E-state index in [-0.39, 0.29) is 34.5 Å². The van der Waals surface area contributed by atoms with E-state index < -0.39 is 41.6 Å². The van der Waals surface area contributed by atoms with Gasteiger partial charge in [-0.05, 0) is 49.8 Å². The number of carbonyl (C=O) groups is 4. The number of carbonyl (C=O) groups excluding carboxylic acids is 4. The van der Waals surface area contributed by atoms with E-state index in [9.17, 15) is 23.6 Å². The van der Waals surface area contributed by atoms with Crippen molar-refractivity contribution in [3.8, 4) is 0 Å². The molecule has 1 aromatic heterocycles. The molecule has 3 atom stereocenters. The van der Waals surface area contributed by atoms with Gasteiger partial charge in [-0.3, -0.25) is 14.4 Å². The summed E-state index contributed by atoms with van der Waals surface area (Å²) in [5.41, 5.74) is 0.418. The van der Waals surface area contributed by atoms with Crippen molar-refractivity contribution < 1.29 is 28.3 Å². The summed E-state index contributed by atoms with van der Waals surface area (Å²) in [7, 11) is 1.22. The lowest BCUT2D eigenvalue weighted by molar-refractivity contribution is -0.146. The first-order valence-electron chi connectivity index (χ1n) is 11.7. The number of aromatic nitrogens is 1. The van der Waals surface area contributed by atoms with Crippen molar-refractivity contribution in [3.63, 3.8) is 0 Å². The molecule has 3 amide bonds. The number of hydrogen-bond acceptors (Lipinski definition) is 5. The topological polar surface area (TPSA) is 129 Å². The molecule has 0 spiro atoms. The zero-order valence-electron chi connectivity index (χ0n) is 19.3. The molecule has 9 nitrogen and oxygen atoms in total. The molecule has 188 valence electrons. The largest absolute Gasteiger partial charge is 0.467 e. The van der Waals surface area contributed by atoms with Crippen LogP contribution >= 0.6 is 11.6 Å². The maximum atomic E-state index is 13.8. The minimum absolute atomic E-state index is 0.112. The Balaban J connectivity index is 1.48. The average molecular weight is 507 g/mol. The monoisotopic (exact) mass is 506 g/mol. The Morgan fingerprint density at radius 2 is 1.94 bits per heavy atom. The van der Waals surface area contributed by atoms with Crippen molar-refractivity contribution in [2.75, 3.05) is 13.7 Å². The quantitative estimate of drug-likeness (QED) is 0.388. The fourth-order valence-corrected chi connectivity index (χ4v) is 4.61. The molecular formula is C24H28ClFN4O5. The third-order valence-electron chi connectivity index (χ3n) is 6.54. The average Bonchev–Trinajstić information content (AvgIpc) is 3.55. The molecule has 35 heavy (non-hydrogen) atoms. The van der Waals surface area contributed by atoms with E-state index in [4.69, 9.17) is 16.3 Å². The molecule has 2 fully saturated rings. The van der Waals surface area contributed by atoms with E-state index in [0.29, 0.717) is 24.8 Å². The molecule has 4 N–H and O–H groups in total. The Hall–Kier alpha value is -3.14. The number of esters is 1. The van der Waals surface area contributed by atoms with Gasteiger partial charge in [0.15, 0.2) is 0 Å². The molecule has 2 heterocycles. The van der Waals surface area contributed by atoms with E-state index in [1.807, 2.05) is 0 Å². The summed E-state index contributed by atoms with van der Waals surface area (Å²) < 4.78 is 18.6. The first-order chi connectivity index (χ1) is 16.8. The van der Waals surface area contributed by atoms with Gasteiger partial charge in [0, 0.05) is 17.8 Å². The van der Waals surface area contributed by atoms with Gasteiger partial charge in [-0.1, -0.05) is 24.4 Å². The molecule has 1 aromatic carbocycles. The molecule has 11 heteroatoms. The summed E-state index contributed by atoms with van der Waals surface area (Å²) in [5, 5.41) is 8.61.